The van der Waals surface area contributed by atoms with E-state index in [1.807, 2.05) is 6.07 Å². The molecule has 3 aromatic rings. The molecule has 0 N–H and O–H groups in total. The van der Waals surface area contributed by atoms with Crippen molar-refractivity contribution in [1.82, 2.24) is 19.4 Å². The number of aryl methyl sites for hydroxylation is 1. The third kappa shape index (κ3) is 4.08. The van der Waals surface area contributed by atoms with Crippen LogP contribution in [0.1, 0.15) is 46.2 Å². The van der Waals surface area contributed by atoms with Gasteiger partial charge in [0.2, 0.25) is 5.56 Å². The predicted octanol–water partition coefficient (Wildman–Crippen LogP) is 2.88. The van der Waals surface area contributed by atoms with E-state index < -0.39 is 0 Å². The number of hydrogen-bond acceptors (Lipinski definition) is 4. The molecule has 6 nitrogen and oxygen atoms in total. The molecule has 1 amide bonds. The maximum Gasteiger partial charge on any atom is 0.255 e. The van der Waals surface area contributed by atoms with E-state index >= 15 is 0 Å². The zero-order chi connectivity index (χ0) is 20.4. The van der Waals surface area contributed by atoms with Gasteiger partial charge in [-0.2, -0.15) is 0 Å². The summed E-state index contributed by atoms with van der Waals surface area (Å²) in [6, 6.07) is 9.21. The van der Waals surface area contributed by atoms with Crippen molar-refractivity contribution in [1.29, 1.82) is 0 Å². The zero-order valence-electron chi connectivity index (χ0n) is 16.1. The van der Waals surface area contributed by atoms with Crippen LogP contribution in [0.25, 0.3) is 0 Å². The first-order valence-electron chi connectivity index (χ1n) is 9.54. The lowest BCUT2D eigenvalue weighted by atomic mass is 10.1. The van der Waals surface area contributed by atoms with Gasteiger partial charge in [0.25, 0.3) is 5.91 Å². The van der Waals surface area contributed by atoms with Gasteiger partial charge in [0.1, 0.15) is 5.82 Å². The van der Waals surface area contributed by atoms with Crippen molar-refractivity contribution in [3.63, 3.8) is 0 Å². The van der Waals surface area contributed by atoms with E-state index in [-0.39, 0.29) is 23.3 Å². The summed E-state index contributed by atoms with van der Waals surface area (Å²) in [5, 5.41) is 0. The summed E-state index contributed by atoms with van der Waals surface area (Å²) in [5.41, 5.74) is 2.60. The lowest BCUT2D eigenvalue weighted by Crippen LogP contribution is -2.32. The summed E-state index contributed by atoms with van der Waals surface area (Å²) in [6.07, 6.45) is 7.06. The fraction of sp³-hybridized carbons (Fsp3) is 0.273. The summed E-state index contributed by atoms with van der Waals surface area (Å²) >= 11 is 0. The molecule has 0 bridgehead atoms. The van der Waals surface area contributed by atoms with Crippen LogP contribution in [0.2, 0.25) is 0 Å². The number of likely N-dealkylation sites (tertiary alicyclic amines) is 1. The summed E-state index contributed by atoms with van der Waals surface area (Å²) in [6.45, 7) is 0.627. The van der Waals surface area contributed by atoms with Crippen molar-refractivity contribution in [3.05, 3.63) is 93.7 Å². The molecule has 1 aliphatic rings. The van der Waals surface area contributed by atoms with Gasteiger partial charge >= 0.3 is 0 Å². The third-order valence-electron chi connectivity index (χ3n) is 5.17. The molecule has 148 valence electrons. The van der Waals surface area contributed by atoms with Crippen molar-refractivity contribution < 1.29 is 9.18 Å². The van der Waals surface area contributed by atoms with Crippen molar-refractivity contribution in [2.24, 2.45) is 7.05 Å². The Morgan fingerprint density at radius 1 is 1.24 bits per heavy atom. The van der Waals surface area contributed by atoms with E-state index in [2.05, 4.69) is 4.98 Å². The highest BCUT2D eigenvalue weighted by Gasteiger charge is 2.32. The van der Waals surface area contributed by atoms with Gasteiger partial charge in [-0.1, -0.05) is 12.1 Å². The molecule has 4 rings (SSSR count). The average molecular weight is 392 g/mol. The Labute approximate surface area is 167 Å². The Balaban J connectivity index is 1.57. The molecule has 3 heterocycles. The van der Waals surface area contributed by atoms with Crippen molar-refractivity contribution >= 4 is 5.91 Å². The highest BCUT2D eigenvalue weighted by Crippen LogP contribution is 2.32. The van der Waals surface area contributed by atoms with Crippen molar-refractivity contribution in [3.8, 4) is 0 Å². The first kappa shape index (κ1) is 19.0. The first-order valence-corrected chi connectivity index (χ1v) is 9.54. The van der Waals surface area contributed by atoms with Gasteiger partial charge < -0.3 is 9.47 Å². The maximum atomic E-state index is 13.4. The van der Waals surface area contributed by atoms with E-state index in [1.54, 1.807) is 42.7 Å². The summed E-state index contributed by atoms with van der Waals surface area (Å²) in [4.78, 5) is 35.4. The number of pyridine rings is 1. The maximum absolute atomic E-state index is 13.4. The Morgan fingerprint density at radius 2 is 2.10 bits per heavy atom. The number of nitrogens with zero attached hydrogens (tertiary/aromatic N) is 4. The zero-order valence-corrected chi connectivity index (χ0v) is 16.1. The molecule has 0 radical (unpaired) electrons. The van der Waals surface area contributed by atoms with Crippen LogP contribution in [0.5, 0.6) is 0 Å². The van der Waals surface area contributed by atoms with Gasteiger partial charge in [0, 0.05) is 38.5 Å². The Morgan fingerprint density at radius 3 is 2.90 bits per heavy atom. The molecule has 1 aromatic carbocycles. The quantitative estimate of drug-likeness (QED) is 0.685. The SMILES string of the molecule is Cn1cc(C(=O)N2CCCC2c2cncc(Cc3cccc(F)c3)n2)ccc1=O. The van der Waals surface area contributed by atoms with Crippen LogP contribution >= 0.6 is 0 Å². The van der Waals surface area contributed by atoms with Crippen LogP contribution in [-0.4, -0.2) is 31.9 Å². The molecule has 0 spiro atoms. The number of carbonyl (C=O) groups is 1. The van der Waals surface area contributed by atoms with Crippen LogP contribution in [0.4, 0.5) is 4.39 Å². The Kier molecular flexibility index (Phi) is 5.20. The van der Waals surface area contributed by atoms with E-state index in [9.17, 15) is 14.0 Å². The van der Waals surface area contributed by atoms with Gasteiger partial charge in [-0.15, -0.1) is 0 Å². The van der Waals surface area contributed by atoms with Gasteiger partial charge in [-0.3, -0.25) is 19.6 Å². The molecule has 1 unspecified atom stereocenters. The number of rotatable bonds is 4. The molecule has 2 aromatic heterocycles. The van der Waals surface area contributed by atoms with Gasteiger partial charge in [-0.25, -0.2) is 4.39 Å². The second kappa shape index (κ2) is 7.95. The predicted molar refractivity (Wildman–Crippen MR) is 106 cm³/mol. The van der Waals surface area contributed by atoms with Crippen molar-refractivity contribution in [2.45, 2.75) is 25.3 Å². The number of carbonyl (C=O) groups excluding carboxylic acids is 1. The molecule has 1 saturated heterocycles. The lowest BCUT2D eigenvalue weighted by molar-refractivity contribution is 0.0731. The topological polar surface area (TPSA) is 68.1 Å². The molecule has 1 aliphatic heterocycles. The van der Waals surface area contributed by atoms with Crippen LogP contribution in [0, 0.1) is 5.82 Å². The highest BCUT2D eigenvalue weighted by molar-refractivity contribution is 5.94. The number of amides is 1. The average Bonchev–Trinajstić information content (AvgIpc) is 3.20. The van der Waals surface area contributed by atoms with E-state index in [0.29, 0.717) is 18.5 Å². The fourth-order valence-corrected chi connectivity index (χ4v) is 3.73. The van der Waals surface area contributed by atoms with Gasteiger partial charge in [0.15, 0.2) is 0 Å². The third-order valence-corrected chi connectivity index (χ3v) is 5.17. The Hall–Kier alpha value is -3.35. The number of aromatic nitrogens is 3. The minimum atomic E-state index is -0.281. The van der Waals surface area contributed by atoms with E-state index in [1.165, 1.54) is 22.8 Å². The second-order valence-electron chi connectivity index (χ2n) is 7.27. The second-order valence-corrected chi connectivity index (χ2v) is 7.27. The van der Waals surface area contributed by atoms with Gasteiger partial charge in [-0.05, 0) is 36.6 Å². The van der Waals surface area contributed by atoms with E-state index in [0.717, 1.165) is 29.8 Å². The summed E-state index contributed by atoms with van der Waals surface area (Å²) in [5.74, 6) is -0.406. The van der Waals surface area contributed by atoms with Crippen LogP contribution in [0.15, 0.2) is 59.8 Å². The smallest absolute Gasteiger partial charge is 0.255 e. The molecule has 0 aliphatic carbocycles. The first-order chi connectivity index (χ1) is 14.0. The minimum absolute atomic E-state index is 0.125. The number of benzene rings is 1. The van der Waals surface area contributed by atoms with Gasteiger partial charge in [0.05, 0.1) is 29.2 Å². The molecule has 7 heteroatoms. The molecule has 0 saturated carbocycles. The van der Waals surface area contributed by atoms with Crippen LogP contribution in [0.3, 0.4) is 0 Å². The molecule has 29 heavy (non-hydrogen) atoms. The summed E-state index contributed by atoms with van der Waals surface area (Å²) < 4.78 is 14.8. The fourth-order valence-electron chi connectivity index (χ4n) is 3.73. The molecular formula is C22H21FN4O2. The monoisotopic (exact) mass is 392 g/mol. The van der Waals surface area contributed by atoms with Crippen LogP contribution in [-0.2, 0) is 13.5 Å². The van der Waals surface area contributed by atoms with Crippen molar-refractivity contribution in [2.75, 3.05) is 6.54 Å². The molecular weight excluding hydrogens is 371 g/mol. The lowest BCUT2D eigenvalue weighted by Gasteiger charge is -2.24. The normalized spacial score (nSPS) is 16.2. The van der Waals surface area contributed by atoms with Crippen LogP contribution < -0.4 is 5.56 Å². The van der Waals surface area contributed by atoms with E-state index in [4.69, 9.17) is 4.98 Å². The molecule has 1 fully saturated rings. The highest BCUT2D eigenvalue weighted by atomic mass is 19.1. The molecule has 1 atom stereocenters. The standard InChI is InChI=1S/C22H21FN4O2/c1-26-14-16(7-8-21(26)28)22(29)27-9-3-6-20(27)19-13-24-12-18(25-19)11-15-4-2-5-17(23)10-15/h2,4-5,7-8,10,12-14,20H,3,6,9,11H2,1H3. The minimum Gasteiger partial charge on any atom is -0.330 e. The number of halogens is 1. The summed E-state index contributed by atoms with van der Waals surface area (Å²) in [7, 11) is 1.63. The largest absolute Gasteiger partial charge is 0.330 e. The Bertz CT molecular complexity index is 1110. The number of hydrogen-bond donors (Lipinski definition) is 0.